The Hall–Kier alpha value is -3.35. The average Bonchev–Trinajstić information content (AvgIpc) is 3.74. The SMILES string of the molecule is CC(C)(C)c1ccc2c(c1)-c1cc(C(C)(C)C)c[c]([Zr+2](=[C](c3cccc4ccccc34)c3cccc4ccccc34)[CH]3C=CC=C3)c1C2.[Cl-].[Cl-]. The molecule has 0 unspecified atom stereocenters. The quantitative estimate of drug-likeness (QED) is 0.219. The Morgan fingerprint density at radius 3 is 1.64 bits per heavy atom. The van der Waals surface area contributed by atoms with Crippen molar-refractivity contribution in [1.29, 1.82) is 0 Å². The Bertz CT molecular complexity index is 2240. The van der Waals surface area contributed by atoms with Crippen molar-refractivity contribution >= 4 is 28.0 Å². The van der Waals surface area contributed by atoms with Crippen LogP contribution in [0.25, 0.3) is 32.7 Å². The predicted octanol–water partition coefficient (Wildman–Crippen LogP) is 5.59. The molecule has 0 saturated heterocycles. The number of fused-ring (bicyclic) bond motifs is 5. The first-order chi connectivity index (χ1) is 23.1. The van der Waals surface area contributed by atoms with Crippen LogP contribution in [0.15, 0.2) is 140 Å². The summed E-state index contributed by atoms with van der Waals surface area (Å²) < 4.78 is 3.69. The average molecular weight is 771 g/mol. The summed E-state index contributed by atoms with van der Waals surface area (Å²) in [5, 5.41) is 5.33. The van der Waals surface area contributed by atoms with Crippen LogP contribution in [0.1, 0.15) is 74.9 Å². The Labute approximate surface area is 318 Å². The number of allylic oxidation sites excluding steroid dienone is 4. The summed E-state index contributed by atoms with van der Waals surface area (Å²) in [7, 11) is 0. The topological polar surface area (TPSA) is 0 Å². The predicted molar refractivity (Wildman–Crippen MR) is 205 cm³/mol. The van der Waals surface area contributed by atoms with Crippen molar-refractivity contribution in [3.63, 3.8) is 0 Å². The van der Waals surface area contributed by atoms with Gasteiger partial charge in [0.2, 0.25) is 0 Å². The number of hydrogen-bond donors (Lipinski definition) is 0. The normalized spacial score (nSPS) is 13.4. The van der Waals surface area contributed by atoms with Gasteiger partial charge in [0.25, 0.3) is 0 Å². The molecule has 0 amide bonds. The van der Waals surface area contributed by atoms with Crippen LogP contribution in [-0.2, 0) is 38.5 Å². The zero-order valence-electron chi connectivity index (χ0n) is 29.8. The second-order valence-electron chi connectivity index (χ2n) is 15.7. The third-order valence-electron chi connectivity index (χ3n) is 10.5. The van der Waals surface area contributed by atoms with Gasteiger partial charge in [0, 0.05) is 0 Å². The molecule has 0 aromatic heterocycles. The minimum Gasteiger partial charge on any atom is -1.00 e. The second kappa shape index (κ2) is 14.0. The molecule has 0 N–H and O–H groups in total. The van der Waals surface area contributed by atoms with Gasteiger partial charge in [-0.1, -0.05) is 0 Å². The third-order valence-corrected chi connectivity index (χ3v) is 18.3. The molecule has 6 aromatic carbocycles. The molecule has 0 aliphatic heterocycles. The van der Waals surface area contributed by atoms with Gasteiger partial charge in [-0.25, -0.2) is 0 Å². The van der Waals surface area contributed by atoms with Crippen LogP contribution >= 0.6 is 0 Å². The molecule has 8 rings (SSSR count). The van der Waals surface area contributed by atoms with Crippen LogP contribution in [0.3, 0.4) is 0 Å². The zero-order valence-corrected chi connectivity index (χ0v) is 33.8. The summed E-state index contributed by atoms with van der Waals surface area (Å²) in [5.74, 6) is 0. The molecule has 6 aromatic rings. The number of hydrogen-bond acceptors (Lipinski definition) is 0. The van der Waals surface area contributed by atoms with E-state index in [0.29, 0.717) is 3.63 Å². The fraction of sp³-hybridized carbons (Fsp3) is 0.213. The molecule has 50 heavy (non-hydrogen) atoms. The molecule has 250 valence electrons. The number of halogens is 2. The van der Waals surface area contributed by atoms with Gasteiger partial charge in [0.15, 0.2) is 0 Å². The first kappa shape index (κ1) is 36.4. The van der Waals surface area contributed by atoms with E-state index in [4.69, 9.17) is 0 Å². The number of benzene rings is 6. The van der Waals surface area contributed by atoms with Crippen molar-refractivity contribution in [3.05, 3.63) is 173 Å². The Morgan fingerprint density at radius 1 is 0.560 bits per heavy atom. The van der Waals surface area contributed by atoms with Crippen LogP contribution in [0, 0.1) is 0 Å². The monoisotopic (exact) mass is 768 g/mol. The first-order valence-corrected chi connectivity index (χ1v) is 21.3. The van der Waals surface area contributed by atoms with E-state index in [1.54, 1.807) is 12.0 Å². The van der Waals surface area contributed by atoms with Crippen molar-refractivity contribution in [2.75, 3.05) is 0 Å². The van der Waals surface area contributed by atoms with E-state index in [-0.39, 0.29) is 35.6 Å². The van der Waals surface area contributed by atoms with E-state index in [2.05, 4.69) is 181 Å². The van der Waals surface area contributed by atoms with E-state index in [1.165, 1.54) is 60.5 Å². The van der Waals surface area contributed by atoms with Gasteiger partial charge < -0.3 is 24.8 Å². The van der Waals surface area contributed by atoms with Crippen LogP contribution in [0.5, 0.6) is 0 Å². The molecule has 0 spiro atoms. The minimum absolute atomic E-state index is 0. The fourth-order valence-corrected chi connectivity index (χ4v) is 16.3. The summed E-state index contributed by atoms with van der Waals surface area (Å²) in [6, 6.07) is 44.5. The maximum Gasteiger partial charge on any atom is -1.00 e. The van der Waals surface area contributed by atoms with E-state index >= 15 is 0 Å². The van der Waals surface area contributed by atoms with E-state index in [9.17, 15) is 0 Å². The smallest absolute Gasteiger partial charge is 1.00 e. The van der Waals surface area contributed by atoms with Crippen LogP contribution in [-0.4, -0.2) is 3.21 Å². The van der Waals surface area contributed by atoms with E-state index in [0.717, 1.165) is 6.42 Å². The number of rotatable bonds is 4. The van der Waals surface area contributed by atoms with Crippen molar-refractivity contribution in [1.82, 2.24) is 0 Å². The summed E-state index contributed by atoms with van der Waals surface area (Å²) in [4.78, 5) is 0. The first-order valence-electron chi connectivity index (χ1n) is 17.4. The van der Waals surface area contributed by atoms with Crippen LogP contribution < -0.4 is 28.1 Å². The van der Waals surface area contributed by atoms with Gasteiger partial charge in [-0.05, 0) is 0 Å². The molecular weight excluding hydrogens is 727 g/mol. The molecule has 0 fully saturated rings. The largest absolute Gasteiger partial charge is 1.00 e. The molecule has 0 radical (unpaired) electrons. The Morgan fingerprint density at radius 2 is 1.08 bits per heavy atom. The third kappa shape index (κ3) is 6.47. The maximum absolute atomic E-state index is 2.89. The van der Waals surface area contributed by atoms with E-state index < -0.39 is 21.3 Å². The Balaban J connectivity index is 0.00000216. The molecule has 0 atom stereocenters. The van der Waals surface area contributed by atoms with Gasteiger partial charge in [0.1, 0.15) is 0 Å². The van der Waals surface area contributed by atoms with Gasteiger partial charge >= 0.3 is 296 Å². The summed E-state index contributed by atoms with van der Waals surface area (Å²) >= 11 is -2.89. The van der Waals surface area contributed by atoms with Crippen molar-refractivity contribution in [2.24, 2.45) is 0 Å². The molecule has 0 bridgehead atoms. The van der Waals surface area contributed by atoms with Crippen molar-refractivity contribution in [2.45, 2.75) is 62.4 Å². The zero-order chi connectivity index (χ0) is 33.2. The molecule has 0 saturated carbocycles. The van der Waals surface area contributed by atoms with Gasteiger partial charge in [-0.15, -0.1) is 0 Å². The van der Waals surface area contributed by atoms with Gasteiger partial charge in [-0.3, -0.25) is 0 Å². The second-order valence-corrected chi connectivity index (χ2v) is 22.0. The minimum atomic E-state index is -2.89. The van der Waals surface area contributed by atoms with E-state index in [1.807, 2.05) is 0 Å². The molecule has 0 nitrogen and oxygen atoms in total. The van der Waals surface area contributed by atoms with Crippen molar-refractivity contribution in [3.8, 4) is 11.1 Å². The standard InChI is InChI=1S/C21H14.C21H25.C5H5.2ClH.Zr/c1-3-13-20-16(7-1)9-5-11-18(20)15-19-12-6-10-17-8-2-4-14-21(17)19;1-20(2,3)16-9-7-14-11-15-8-10-17(21(4,5)6)13-19(15)18(14)12-16;1-2-4-5-3-1;;;/h1-14H;7,9-10,12-13H,11H2,1-6H3;1-5H;2*1H;/q;;;;;+2/p-2. The van der Waals surface area contributed by atoms with Crippen LogP contribution in [0.4, 0.5) is 0 Å². The fourth-order valence-electron chi connectivity index (χ4n) is 7.84. The van der Waals surface area contributed by atoms with Crippen LogP contribution in [0.2, 0.25) is 3.63 Å². The van der Waals surface area contributed by atoms with Gasteiger partial charge in [-0.2, -0.15) is 0 Å². The summed E-state index contributed by atoms with van der Waals surface area (Å²) in [5.41, 5.74) is 11.8. The molecule has 0 heterocycles. The maximum atomic E-state index is 2.67. The van der Waals surface area contributed by atoms with Gasteiger partial charge in [0.05, 0.1) is 0 Å². The molecule has 3 heteroatoms. The Kier molecular flexibility index (Phi) is 10.2. The molecule has 2 aliphatic rings. The molecular formula is C47H44Cl2Zr. The van der Waals surface area contributed by atoms with Crippen molar-refractivity contribution < 1.29 is 46.1 Å². The summed E-state index contributed by atoms with van der Waals surface area (Å²) in [6.45, 7) is 14.2. The molecule has 2 aliphatic carbocycles. The summed E-state index contributed by atoms with van der Waals surface area (Å²) in [6.07, 6.45) is 10.6.